The summed E-state index contributed by atoms with van der Waals surface area (Å²) in [5.74, 6) is -0.356. The van der Waals surface area contributed by atoms with Crippen LogP contribution >= 0.6 is 0 Å². The van der Waals surface area contributed by atoms with Crippen LogP contribution in [0.2, 0.25) is 0 Å². The summed E-state index contributed by atoms with van der Waals surface area (Å²) in [6.45, 7) is 4.96. The maximum Gasteiger partial charge on any atom is 0.340 e. The molecule has 0 aromatic heterocycles. The van der Waals surface area contributed by atoms with Crippen LogP contribution in [-0.2, 0) is 11.3 Å². The van der Waals surface area contributed by atoms with Crippen molar-refractivity contribution >= 4 is 11.7 Å². The molecule has 1 aliphatic heterocycles. The first kappa shape index (κ1) is 14.8. The SMILES string of the molecule is COC(=O)c1c(N)cccc1CN1CCCN(C)CC1. The van der Waals surface area contributed by atoms with Gasteiger partial charge in [0.1, 0.15) is 0 Å². The van der Waals surface area contributed by atoms with Gasteiger partial charge in [0.25, 0.3) is 0 Å². The van der Waals surface area contributed by atoms with Gasteiger partial charge in [-0.25, -0.2) is 4.79 Å². The van der Waals surface area contributed by atoms with Crippen LogP contribution in [0.15, 0.2) is 18.2 Å². The second kappa shape index (κ2) is 6.72. The maximum atomic E-state index is 11.9. The summed E-state index contributed by atoms with van der Waals surface area (Å²) in [6, 6.07) is 5.59. The van der Waals surface area contributed by atoms with Gasteiger partial charge >= 0.3 is 5.97 Å². The van der Waals surface area contributed by atoms with Gasteiger partial charge in [-0.1, -0.05) is 12.1 Å². The van der Waals surface area contributed by atoms with Crippen LogP contribution in [0.4, 0.5) is 5.69 Å². The molecule has 1 aromatic carbocycles. The molecule has 1 aromatic rings. The molecule has 0 radical (unpaired) electrons. The first-order valence-corrected chi connectivity index (χ1v) is 6.98. The van der Waals surface area contributed by atoms with Gasteiger partial charge in [-0.15, -0.1) is 0 Å². The molecule has 1 aliphatic rings. The van der Waals surface area contributed by atoms with E-state index < -0.39 is 0 Å². The van der Waals surface area contributed by atoms with Crippen LogP contribution in [0.25, 0.3) is 0 Å². The summed E-state index contributed by atoms with van der Waals surface area (Å²) < 4.78 is 4.84. The Balaban J connectivity index is 2.16. The van der Waals surface area contributed by atoms with Crippen molar-refractivity contribution in [3.8, 4) is 0 Å². The number of carbonyl (C=O) groups is 1. The van der Waals surface area contributed by atoms with Gasteiger partial charge in [-0.3, -0.25) is 4.90 Å². The Morgan fingerprint density at radius 1 is 1.30 bits per heavy atom. The van der Waals surface area contributed by atoms with Crippen molar-refractivity contribution in [2.24, 2.45) is 0 Å². The number of hydrogen-bond acceptors (Lipinski definition) is 5. The molecule has 1 fully saturated rings. The highest BCUT2D eigenvalue weighted by Gasteiger charge is 2.18. The van der Waals surface area contributed by atoms with E-state index >= 15 is 0 Å². The Bertz CT molecular complexity index is 476. The van der Waals surface area contributed by atoms with E-state index in [1.165, 1.54) is 7.11 Å². The van der Waals surface area contributed by atoms with Crippen molar-refractivity contribution in [3.63, 3.8) is 0 Å². The quantitative estimate of drug-likeness (QED) is 0.664. The molecular weight excluding hydrogens is 254 g/mol. The summed E-state index contributed by atoms with van der Waals surface area (Å²) >= 11 is 0. The van der Waals surface area contributed by atoms with Gasteiger partial charge in [-0.05, 0) is 38.2 Å². The van der Waals surface area contributed by atoms with Gasteiger partial charge in [0.15, 0.2) is 0 Å². The van der Waals surface area contributed by atoms with Crippen LogP contribution in [0.3, 0.4) is 0 Å². The predicted octanol–water partition coefficient (Wildman–Crippen LogP) is 1.19. The van der Waals surface area contributed by atoms with E-state index in [4.69, 9.17) is 10.5 Å². The van der Waals surface area contributed by atoms with Crippen molar-refractivity contribution in [2.75, 3.05) is 46.1 Å². The fraction of sp³-hybridized carbons (Fsp3) is 0.533. The molecule has 2 N–H and O–H groups in total. The lowest BCUT2D eigenvalue weighted by Crippen LogP contribution is -2.29. The number of anilines is 1. The van der Waals surface area contributed by atoms with Crippen LogP contribution in [0.5, 0.6) is 0 Å². The van der Waals surface area contributed by atoms with E-state index in [2.05, 4.69) is 16.8 Å². The smallest absolute Gasteiger partial charge is 0.340 e. The molecule has 0 amide bonds. The van der Waals surface area contributed by atoms with Crippen LogP contribution < -0.4 is 5.73 Å². The summed E-state index contributed by atoms with van der Waals surface area (Å²) in [6.07, 6.45) is 1.15. The van der Waals surface area contributed by atoms with Gasteiger partial charge in [-0.2, -0.15) is 0 Å². The average Bonchev–Trinajstić information content (AvgIpc) is 2.63. The number of nitrogens with two attached hydrogens (primary N) is 1. The molecule has 0 bridgehead atoms. The highest BCUT2D eigenvalue weighted by molar-refractivity contribution is 5.96. The Morgan fingerprint density at radius 2 is 2.10 bits per heavy atom. The highest BCUT2D eigenvalue weighted by Crippen LogP contribution is 2.20. The monoisotopic (exact) mass is 277 g/mol. The fourth-order valence-electron chi connectivity index (χ4n) is 2.60. The lowest BCUT2D eigenvalue weighted by molar-refractivity contribution is 0.0599. The number of likely N-dealkylation sites (N-methyl/N-ethyl adjacent to an activating group) is 1. The Morgan fingerprint density at radius 3 is 2.85 bits per heavy atom. The number of benzene rings is 1. The maximum absolute atomic E-state index is 11.9. The largest absolute Gasteiger partial charge is 0.465 e. The summed E-state index contributed by atoms with van der Waals surface area (Å²) in [7, 11) is 3.53. The van der Waals surface area contributed by atoms with Crippen molar-refractivity contribution in [1.82, 2.24) is 9.80 Å². The normalized spacial score (nSPS) is 17.7. The van der Waals surface area contributed by atoms with E-state index in [-0.39, 0.29) is 5.97 Å². The van der Waals surface area contributed by atoms with Crippen LogP contribution in [-0.4, -0.2) is 56.1 Å². The standard InChI is InChI=1S/C15H23N3O2/c1-17-7-4-8-18(10-9-17)11-12-5-3-6-13(16)14(12)15(19)20-2/h3,5-6H,4,7-11,16H2,1-2H3. The second-order valence-electron chi connectivity index (χ2n) is 5.31. The Kier molecular flexibility index (Phi) is 4.98. The summed E-state index contributed by atoms with van der Waals surface area (Å²) in [5.41, 5.74) is 7.87. The molecule has 5 heteroatoms. The number of nitrogen functional groups attached to an aromatic ring is 1. The number of carbonyl (C=O) groups excluding carboxylic acids is 1. The highest BCUT2D eigenvalue weighted by atomic mass is 16.5. The van der Waals surface area contributed by atoms with Gasteiger partial charge in [0, 0.05) is 25.3 Å². The van der Waals surface area contributed by atoms with Gasteiger partial charge < -0.3 is 15.4 Å². The number of esters is 1. The third-order valence-corrected chi connectivity index (χ3v) is 3.78. The van der Waals surface area contributed by atoms with E-state index in [0.29, 0.717) is 11.3 Å². The molecule has 0 spiro atoms. The zero-order valence-electron chi connectivity index (χ0n) is 12.3. The first-order valence-electron chi connectivity index (χ1n) is 6.98. The zero-order chi connectivity index (χ0) is 14.5. The topological polar surface area (TPSA) is 58.8 Å². The third-order valence-electron chi connectivity index (χ3n) is 3.78. The van der Waals surface area contributed by atoms with Crippen molar-refractivity contribution in [2.45, 2.75) is 13.0 Å². The minimum absolute atomic E-state index is 0.356. The van der Waals surface area contributed by atoms with Crippen LogP contribution in [0.1, 0.15) is 22.3 Å². The lowest BCUT2D eigenvalue weighted by Gasteiger charge is -2.21. The predicted molar refractivity (Wildman–Crippen MR) is 79.6 cm³/mol. The molecule has 2 rings (SSSR count). The van der Waals surface area contributed by atoms with Crippen molar-refractivity contribution in [3.05, 3.63) is 29.3 Å². The molecule has 0 atom stereocenters. The molecule has 1 heterocycles. The van der Waals surface area contributed by atoms with E-state index in [1.807, 2.05) is 12.1 Å². The minimum Gasteiger partial charge on any atom is -0.465 e. The molecule has 0 unspecified atom stereocenters. The van der Waals surface area contributed by atoms with E-state index in [0.717, 1.165) is 44.7 Å². The van der Waals surface area contributed by atoms with Gasteiger partial charge in [0.2, 0.25) is 0 Å². The number of nitrogens with zero attached hydrogens (tertiary/aromatic N) is 2. The molecule has 20 heavy (non-hydrogen) atoms. The minimum atomic E-state index is -0.356. The zero-order valence-corrected chi connectivity index (χ0v) is 12.3. The molecular formula is C15H23N3O2. The van der Waals surface area contributed by atoms with Crippen molar-refractivity contribution < 1.29 is 9.53 Å². The summed E-state index contributed by atoms with van der Waals surface area (Å²) in [4.78, 5) is 16.6. The number of hydrogen-bond donors (Lipinski definition) is 1. The van der Waals surface area contributed by atoms with Crippen LogP contribution in [0, 0.1) is 0 Å². The number of ether oxygens (including phenoxy) is 1. The fourth-order valence-corrected chi connectivity index (χ4v) is 2.60. The lowest BCUT2D eigenvalue weighted by atomic mass is 10.0. The first-order chi connectivity index (χ1) is 9.61. The van der Waals surface area contributed by atoms with E-state index in [1.54, 1.807) is 6.07 Å². The summed E-state index contributed by atoms with van der Waals surface area (Å²) in [5, 5.41) is 0. The molecule has 110 valence electrons. The molecule has 1 saturated heterocycles. The molecule has 0 aliphatic carbocycles. The number of rotatable bonds is 3. The molecule has 0 saturated carbocycles. The molecule has 5 nitrogen and oxygen atoms in total. The Labute approximate surface area is 120 Å². The van der Waals surface area contributed by atoms with E-state index in [9.17, 15) is 4.79 Å². The third kappa shape index (κ3) is 3.49. The Hall–Kier alpha value is -1.59. The van der Waals surface area contributed by atoms with Gasteiger partial charge in [0.05, 0.1) is 12.7 Å². The average molecular weight is 277 g/mol. The second-order valence-corrected chi connectivity index (χ2v) is 5.31. The van der Waals surface area contributed by atoms with Crippen molar-refractivity contribution in [1.29, 1.82) is 0 Å². The number of methoxy groups -OCH3 is 1.